The Morgan fingerprint density at radius 2 is 1.68 bits per heavy atom. The van der Waals surface area contributed by atoms with Gasteiger partial charge in [0.1, 0.15) is 6.33 Å². The van der Waals surface area contributed by atoms with Crippen molar-refractivity contribution < 1.29 is 14.3 Å². The highest BCUT2D eigenvalue weighted by Crippen LogP contribution is 2.36. The SMILES string of the molecule is COc1cc2ncnc(N(NC(=O)c3cccc(N)c3)c3ccccc3)c2cc1OC. The molecule has 1 aromatic heterocycles. The van der Waals surface area contributed by atoms with Crippen LogP contribution in [0.3, 0.4) is 0 Å². The molecule has 8 heteroatoms. The van der Waals surface area contributed by atoms with Crippen molar-refractivity contribution in [1.29, 1.82) is 0 Å². The van der Waals surface area contributed by atoms with Crippen LogP contribution in [0, 0.1) is 0 Å². The second kappa shape index (κ2) is 8.58. The highest BCUT2D eigenvalue weighted by atomic mass is 16.5. The summed E-state index contributed by atoms with van der Waals surface area (Å²) in [7, 11) is 3.12. The van der Waals surface area contributed by atoms with Gasteiger partial charge in [-0.2, -0.15) is 0 Å². The standard InChI is InChI=1S/C23H21N5O3/c1-30-20-12-18-19(13-21(20)31-2)25-14-26-22(18)28(17-9-4-3-5-10-17)27-23(29)15-7-6-8-16(24)11-15/h3-14H,24H2,1-2H3,(H,27,29). The zero-order valence-electron chi connectivity index (χ0n) is 17.1. The van der Waals surface area contributed by atoms with Crippen LogP contribution in [0.5, 0.6) is 11.5 Å². The number of nitrogens with zero attached hydrogens (tertiary/aromatic N) is 3. The number of methoxy groups -OCH3 is 2. The van der Waals surface area contributed by atoms with Crippen LogP contribution in [0.15, 0.2) is 73.1 Å². The fourth-order valence-electron chi connectivity index (χ4n) is 3.21. The molecule has 0 spiro atoms. The fraction of sp³-hybridized carbons (Fsp3) is 0.0870. The number of carbonyl (C=O) groups is 1. The van der Waals surface area contributed by atoms with Gasteiger partial charge in [-0.25, -0.2) is 15.0 Å². The molecule has 3 aromatic carbocycles. The minimum absolute atomic E-state index is 0.330. The van der Waals surface area contributed by atoms with Gasteiger partial charge >= 0.3 is 0 Å². The lowest BCUT2D eigenvalue weighted by Crippen LogP contribution is -2.39. The van der Waals surface area contributed by atoms with Crippen LogP contribution in [0.2, 0.25) is 0 Å². The van der Waals surface area contributed by atoms with Crippen molar-refractivity contribution in [2.75, 3.05) is 25.0 Å². The van der Waals surface area contributed by atoms with Crippen molar-refractivity contribution in [2.24, 2.45) is 0 Å². The lowest BCUT2D eigenvalue weighted by molar-refractivity contribution is 0.0953. The van der Waals surface area contributed by atoms with Crippen LogP contribution in [-0.4, -0.2) is 30.1 Å². The maximum atomic E-state index is 13.0. The van der Waals surface area contributed by atoms with Crippen molar-refractivity contribution in [3.05, 3.63) is 78.6 Å². The van der Waals surface area contributed by atoms with Crippen molar-refractivity contribution in [1.82, 2.24) is 15.4 Å². The largest absolute Gasteiger partial charge is 0.493 e. The number of ether oxygens (including phenoxy) is 2. The van der Waals surface area contributed by atoms with Crippen molar-refractivity contribution in [3.63, 3.8) is 0 Å². The Morgan fingerprint density at radius 3 is 2.39 bits per heavy atom. The number of carbonyl (C=O) groups excluding carboxylic acids is 1. The molecule has 3 N–H and O–H groups in total. The Balaban J connectivity index is 1.84. The highest BCUT2D eigenvalue weighted by molar-refractivity contribution is 5.99. The molecule has 4 rings (SSSR count). The summed E-state index contributed by atoms with van der Waals surface area (Å²) in [4.78, 5) is 21.8. The number of nitrogen functional groups attached to an aromatic ring is 1. The van der Waals surface area contributed by atoms with Gasteiger partial charge in [-0.15, -0.1) is 0 Å². The van der Waals surface area contributed by atoms with E-state index in [0.29, 0.717) is 39.5 Å². The molecule has 0 fully saturated rings. The molecule has 0 radical (unpaired) electrons. The summed E-state index contributed by atoms with van der Waals surface area (Å²) in [6.07, 6.45) is 1.44. The number of hydrogen-bond donors (Lipinski definition) is 2. The first-order chi connectivity index (χ1) is 15.1. The zero-order valence-corrected chi connectivity index (χ0v) is 17.1. The fourth-order valence-corrected chi connectivity index (χ4v) is 3.21. The predicted molar refractivity (Wildman–Crippen MR) is 120 cm³/mol. The molecule has 4 aromatic rings. The van der Waals surface area contributed by atoms with Crippen molar-refractivity contribution in [3.8, 4) is 11.5 Å². The number of hydrogen-bond acceptors (Lipinski definition) is 7. The highest BCUT2D eigenvalue weighted by Gasteiger charge is 2.20. The van der Waals surface area contributed by atoms with Gasteiger partial charge in [0.2, 0.25) is 0 Å². The Hall–Kier alpha value is -4.33. The van der Waals surface area contributed by atoms with Crippen molar-refractivity contribution in [2.45, 2.75) is 0 Å². The van der Waals surface area contributed by atoms with E-state index in [9.17, 15) is 4.79 Å². The van der Waals surface area contributed by atoms with E-state index >= 15 is 0 Å². The number of benzene rings is 3. The van der Waals surface area contributed by atoms with Crippen LogP contribution in [0.25, 0.3) is 10.9 Å². The molecule has 0 aliphatic rings. The first kappa shape index (κ1) is 20.0. The molecule has 31 heavy (non-hydrogen) atoms. The van der Waals surface area contributed by atoms with E-state index in [-0.39, 0.29) is 5.91 Å². The number of anilines is 3. The normalized spacial score (nSPS) is 10.5. The average molecular weight is 415 g/mol. The van der Waals surface area contributed by atoms with Gasteiger partial charge in [0, 0.05) is 22.7 Å². The summed E-state index contributed by atoms with van der Waals surface area (Å²) >= 11 is 0. The second-order valence-corrected chi connectivity index (χ2v) is 6.66. The summed E-state index contributed by atoms with van der Waals surface area (Å²) < 4.78 is 10.8. The summed E-state index contributed by atoms with van der Waals surface area (Å²) in [5.74, 6) is 1.23. The monoisotopic (exact) mass is 415 g/mol. The van der Waals surface area contributed by atoms with Crippen LogP contribution in [0.1, 0.15) is 10.4 Å². The number of nitrogens with one attached hydrogen (secondary N) is 1. The maximum absolute atomic E-state index is 13.0. The van der Waals surface area contributed by atoms with Gasteiger partial charge in [0.25, 0.3) is 5.91 Å². The number of amides is 1. The van der Waals surface area contributed by atoms with E-state index in [0.717, 1.165) is 5.69 Å². The van der Waals surface area contributed by atoms with Crippen LogP contribution < -0.4 is 25.6 Å². The molecule has 0 aliphatic heterocycles. The van der Waals surface area contributed by atoms with Gasteiger partial charge in [0.05, 0.1) is 25.4 Å². The summed E-state index contributed by atoms with van der Waals surface area (Å²) in [6, 6.07) is 19.7. The van der Waals surface area contributed by atoms with E-state index in [4.69, 9.17) is 15.2 Å². The van der Waals surface area contributed by atoms with Gasteiger partial charge < -0.3 is 15.2 Å². The van der Waals surface area contributed by atoms with Crippen LogP contribution in [0.4, 0.5) is 17.2 Å². The lowest BCUT2D eigenvalue weighted by Gasteiger charge is -2.25. The van der Waals surface area contributed by atoms with Gasteiger partial charge in [-0.05, 0) is 36.4 Å². The molecule has 1 heterocycles. The summed E-state index contributed by atoms with van der Waals surface area (Å²) in [6.45, 7) is 0. The molecule has 1 amide bonds. The van der Waals surface area contributed by atoms with Crippen LogP contribution in [-0.2, 0) is 0 Å². The van der Waals surface area contributed by atoms with E-state index in [1.54, 1.807) is 55.6 Å². The first-order valence-corrected chi connectivity index (χ1v) is 9.49. The Morgan fingerprint density at radius 1 is 0.935 bits per heavy atom. The molecule has 8 nitrogen and oxygen atoms in total. The Kier molecular flexibility index (Phi) is 5.53. The number of para-hydroxylation sites is 1. The second-order valence-electron chi connectivity index (χ2n) is 6.66. The Bertz CT molecular complexity index is 1230. The lowest BCUT2D eigenvalue weighted by atomic mass is 10.2. The number of nitrogens with two attached hydrogens (primary N) is 1. The Labute approximate surface area is 179 Å². The quantitative estimate of drug-likeness (QED) is 0.365. The molecule has 0 atom stereocenters. The molecular formula is C23H21N5O3. The van der Waals surface area contributed by atoms with E-state index < -0.39 is 0 Å². The third-order valence-corrected chi connectivity index (χ3v) is 4.71. The van der Waals surface area contributed by atoms with Gasteiger partial charge in [-0.1, -0.05) is 24.3 Å². The number of fused-ring (bicyclic) bond motifs is 1. The molecule has 156 valence electrons. The topological polar surface area (TPSA) is 103 Å². The van der Waals surface area contributed by atoms with Crippen LogP contribution >= 0.6 is 0 Å². The smallest absolute Gasteiger partial charge is 0.270 e. The maximum Gasteiger partial charge on any atom is 0.270 e. The predicted octanol–water partition coefficient (Wildman–Crippen LogP) is 3.71. The molecule has 0 saturated heterocycles. The minimum atomic E-state index is -0.330. The minimum Gasteiger partial charge on any atom is -0.493 e. The number of aromatic nitrogens is 2. The van der Waals surface area contributed by atoms with Gasteiger partial charge in [0.15, 0.2) is 17.3 Å². The summed E-state index contributed by atoms with van der Waals surface area (Å²) in [5.41, 5.74) is 11.1. The molecule has 0 saturated carbocycles. The third-order valence-electron chi connectivity index (χ3n) is 4.71. The molecule has 0 aliphatic carbocycles. The number of hydrazine groups is 1. The average Bonchev–Trinajstić information content (AvgIpc) is 2.81. The van der Waals surface area contributed by atoms with Crippen molar-refractivity contribution >= 4 is 34.0 Å². The molecule has 0 unspecified atom stereocenters. The first-order valence-electron chi connectivity index (χ1n) is 9.49. The third kappa shape index (κ3) is 4.04. The molecule has 0 bridgehead atoms. The molecular weight excluding hydrogens is 394 g/mol. The zero-order chi connectivity index (χ0) is 21.8. The van der Waals surface area contributed by atoms with E-state index in [2.05, 4.69) is 15.4 Å². The van der Waals surface area contributed by atoms with E-state index in [1.807, 2.05) is 30.3 Å². The van der Waals surface area contributed by atoms with E-state index in [1.165, 1.54) is 6.33 Å². The number of rotatable bonds is 6. The van der Waals surface area contributed by atoms with Gasteiger partial charge in [-0.3, -0.25) is 10.2 Å². The summed E-state index contributed by atoms with van der Waals surface area (Å²) in [5, 5.41) is 2.29.